The molecule has 1 fully saturated rings. The van der Waals surface area contributed by atoms with Gasteiger partial charge in [0.1, 0.15) is 0 Å². The van der Waals surface area contributed by atoms with Gasteiger partial charge in [0.05, 0.1) is 6.20 Å². The average Bonchev–Trinajstić information content (AvgIpc) is 2.83. The molecule has 0 bridgehead atoms. The predicted octanol–water partition coefficient (Wildman–Crippen LogP) is 1.07. The summed E-state index contributed by atoms with van der Waals surface area (Å²) in [7, 11) is -0.699. The molecule has 0 aliphatic carbocycles. The zero-order chi connectivity index (χ0) is 13.4. The fourth-order valence-corrected chi connectivity index (χ4v) is 4.17. The average molecular weight is 278 g/mol. The van der Waals surface area contributed by atoms with Gasteiger partial charge >= 0.3 is 0 Å². The highest BCUT2D eigenvalue weighted by Gasteiger charge is 2.28. The lowest BCUT2D eigenvalue weighted by atomic mass is 10.2. The van der Waals surface area contributed by atoms with Crippen molar-refractivity contribution in [3.05, 3.63) is 30.2 Å². The third kappa shape index (κ3) is 2.55. The molecule has 0 amide bonds. The molecule has 0 aromatic carbocycles. The van der Waals surface area contributed by atoms with Crippen molar-refractivity contribution >= 4 is 16.4 Å². The van der Waals surface area contributed by atoms with E-state index in [4.69, 9.17) is 0 Å². The summed E-state index contributed by atoms with van der Waals surface area (Å²) < 4.78 is 13.7. The summed E-state index contributed by atoms with van der Waals surface area (Å²) in [6.07, 6.45) is 5.67. The van der Waals surface area contributed by atoms with Crippen molar-refractivity contribution < 1.29 is 4.21 Å². The van der Waals surface area contributed by atoms with Crippen LogP contribution in [0.5, 0.6) is 0 Å². The van der Waals surface area contributed by atoms with Gasteiger partial charge in [-0.3, -0.25) is 9.11 Å². The standard InChI is InChI=1S/C13H18N4OS/c1-10-6-16(7-11(2)19(10)18)8-12-5-14-13-3-4-15-17(13)9-12/h3-5,9-11H,6-8H2,1-2H3. The van der Waals surface area contributed by atoms with Crippen LogP contribution in [-0.2, 0) is 17.3 Å². The van der Waals surface area contributed by atoms with E-state index in [0.717, 1.165) is 30.8 Å². The molecule has 1 saturated heterocycles. The van der Waals surface area contributed by atoms with E-state index in [1.54, 1.807) is 10.7 Å². The molecule has 6 heteroatoms. The molecule has 3 rings (SSSR count). The maximum atomic E-state index is 11.9. The SMILES string of the molecule is CC1CN(Cc2cnc3ccnn3c2)CC(C)S1=O. The van der Waals surface area contributed by atoms with Gasteiger partial charge in [0.2, 0.25) is 0 Å². The third-order valence-electron chi connectivity index (χ3n) is 3.53. The second kappa shape index (κ2) is 5.02. The molecule has 3 heterocycles. The van der Waals surface area contributed by atoms with E-state index in [2.05, 4.69) is 28.8 Å². The first-order chi connectivity index (χ1) is 9.13. The van der Waals surface area contributed by atoms with Gasteiger partial charge in [-0.25, -0.2) is 9.50 Å². The van der Waals surface area contributed by atoms with Crippen LogP contribution in [0.15, 0.2) is 24.7 Å². The van der Waals surface area contributed by atoms with E-state index < -0.39 is 10.8 Å². The Kier molecular flexibility index (Phi) is 3.36. The van der Waals surface area contributed by atoms with Gasteiger partial charge in [-0.05, 0) is 13.8 Å². The maximum Gasteiger partial charge on any atom is 0.154 e. The number of fused-ring (bicyclic) bond motifs is 1. The Morgan fingerprint density at radius 1 is 1.37 bits per heavy atom. The van der Waals surface area contributed by atoms with Gasteiger partial charge in [0.15, 0.2) is 5.65 Å². The topological polar surface area (TPSA) is 50.5 Å². The Hall–Kier alpha value is -1.27. The summed E-state index contributed by atoms with van der Waals surface area (Å²) in [5.74, 6) is 0. The van der Waals surface area contributed by atoms with Crippen LogP contribution in [0, 0.1) is 0 Å². The highest BCUT2D eigenvalue weighted by molar-refractivity contribution is 7.86. The minimum absolute atomic E-state index is 0.241. The highest BCUT2D eigenvalue weighted by atomic mass is 32.2. The summed E-state index contributed by atoms with van der Waals surface area (Å²) in [6, 6.07) is 1.89. The Morgan fingerprint density at radius 3 is 2.84 bits per heavy atom. The molecule has 2 aromatic rings. The molecule has 0 spiro atoms. The van der Waals surface area contributed by atoms with Crippen LogP contribution in [-0.4, -0.2) is 47.3 Å². The van der Waals surface area contributed by atoms with Crippen molar-refractivity contribution in [1.29, 1.82) is 0 Å². The number of rotatable bonds is 2. The summed E-state index contributed by atoms with van der Waals surface area (Å²) in [5.41, 5.74) is 2.01. The smallest absolute Gasteiger partial charge is 0.154 e. The van der Waals surface area contributed by atoms with Crippen molar-refractivity contribution in [3.63, 3.8) is 0 Å². The zero-order valence-electron chi connectivity index (χ0n) is 11.2. The second-order valence-corrected chi connectivity index (χ2v) is 7.51. The first-order valence-corrected chi connectivity index (χ1v) is 7.81. The quantitative estimate of drug-likeness (QED) is 0.824. The van der Waals surface area contributed by atoms with Crippen molar-refractivity contribution in [2.75, 3.05) is 13.1 Å². The largest absolute Gasteiger partial charge is 0.297 e. The van der Waals surface area contributed by atoms with E-state index in [9.17, 15) is 4.21 Å². The lowest BCUT2D eigenvalue weighted by molar-refractivity contribution is 0.257. The van der Waals surface area contributed by atoms with Crippen molar-refractivity contribution in [2.45, 2.75) is 30.9 Å². The number of nitrogens with zero attached hydrogens (tertiary/aromatic N) is 4. The molecular formula is C13H18N4OS. The van der Waals surface area contributed by atoms with Crippen LogP contribution < -0.4 is 0 Å². The van der Waals surface area contributed by atoms with Gasteiger partial charge in [-0.15, -0.1) is 0 Å². The molecule has 102 valence electrons. The van der Waals surface area contributed by atoms with E-state index in [-0.39, 0.29) is 10.5 Å². The normalized spacial score (nSPS) is 28.8. The number of aromatic nitrogens is 3. The lowest BCUT2D eigenvalue weighted by Crippen LogP contribution is -2.46. The minimum Gasteiger partial charge on any atom is -0.297 e. The lowest BCUT2D eigenvalue weighted by Gasteiger charge is -2.34. The number of hydrogen-bond donors (Lipinski definition) is 0. The zero-order valence-corrected chi connectivity index (χ0v) is 12.0. The van der Waals surface area contributed by atoms with E-state index in [0.29, 0.717) is 0 Å². The van der Waals surface area contributed by atoms with Gasteiger partial charge in [0.25, 0.3) is 0 Å². The Labute approximate surface area is 115 Å². The van der Waals surface area contributed by atoms with Crippen LogP contribution in [0.2, 0.25) is 0 Å². The maximum absolute atomic E-state index is 11.9. The summed E-state index contributed by atoms with van der Waals surface area (Å²) in [6.45, 7) is 6.73. The fraction of sp³-hybridized carbons (Fsp3) is 0.538. The van der Waals surface area contributed by atoms with Gasteiger partial charge in [-0.1, -0.05) is 0 Å². The molecule has 0 saturated carbocycles. The molecule has 0 radical (unpaired) electrons. The van der Waals surface area contributed by atoms with Crippen LogP contribution in [0.4, 0.5) is 0 Å². The molecule has 19 heavy (non-hydrogen) atoms. The summed E-state index contributed by atoms with van der Waals surface area (Å²) in [5, 5.41) is 4.68. The summed E-state index contributed by atoms with van der Waals surface area (Å²) in [4.78, 5) is 6.72. The van der Waals surface area contributed by atoms with Crippen LogP contribution in [0.25, 0.3) is 5.65 Å². The first kappa shape index (κ1) is 12.7. The fourth-order valence-electron chi connectivity index (χ4n) is 2.66. The third-order valence-corrected chi connectivity index (χ3v) is 5.41. The molecule has 2 aromatic heterocycles. The van der Waals surface area contributed by atoms with Gasteiger partial charge < -0.3 is 0 Å². The Bertz CT molecular complexity index is 597. The van der Waals surface area contributed by atoms with Crippen LogP contribution in [0.3, 0.4) is 0 Å². The first-order valence-electron chi connectivity index (χ1n) is 6.53. The van der Waals surface area contributed by atoms with Gasteiger partial charge in [-0.2, -0.15) is 5.10 Å². The molecule has 2 unspecified atom stereocenters. The highest BCUT2D eigenvalue weighted by Crippen LogP contribution is 2.17. The molecule has 1 aliphatic heterocycles. The second-order valence-electron chi connectivity index (χ2n) is 5.24. The van der Waals surface area contributed by atoms with Crippen molar-refractivity contribution in [3.8, 4) is 0 Å². The van der Waals surface area contributed by atoms with Crippen LogP contribution in [0.1, 0.15) is 19.4 Å². The van der Waals surface area contributed by atoms with Crippen molar-refractivity contribution in [1.82, 2.24) is 19.5 Å². The summed E-state index contributed by atoms with van der Waals surface area (Å²) >= 11 is 0. The number of hydrogen-bond acceptors (Lipinski definition) is 4. The molecule has 5 nitrogen and oxygen atoms in total. The molecule has 1 aliphatic rings. The molecular weight excluding hydrogens is 260 g/mol. The van der Waals surface area contributed by atoms with E-state index in [1.807, 2.05) is 18.5 Å². The van der Waals surface area contributed by atoms with E-state index in [1.165, 1.54) is 0 Å². The van der Waals surface area contributed by atoms with E-state index >= 15 is 0 Å². The van der Waals surface area contributed by atoms with Crippen molar-refractivity contribution in [2.24, 2.45) is 0 Å². The molecule has 0 N–H and O–H groups in total. The Morgan fingerprint density at radius 2 is 2.11 bits per heavy atom. The monoisotopic (exact) mass is 278 g/mol. The predicted molar refractivity (Wildman–Crippen MR) is 75.3 cm³/mol. The Balaban J connectivity index is 1.75. The molecule has 2 atom stereocenters. The van der Waals surface area contributed by atoms with Crippen LogP contribution >= 0.6 is 0 Å². The minimum atomic E-state index is -0.699. The van der Waals surface area contributed by atoms with Gasteiger partial charge in [0, 0.05) is 65.0 Å².